The summed E-state index contributed by atoms with van der Waals surface area (Å²) >= 11 is 6.13. The summed E-state index contributed by atoms with van der Waals surface area (Å²) < 4.78 is 16.7. The number of aryl methyl sites for hydroxylation is 3. The molecule has 0 bridgehead atoms. The van der Waals surface area contributed by atoms with Crippen LogP contribution in [0.2, 0.25) is 5.02 Å². The van der Waals surface area contributed by atoms with Crippen LogP contribution < -0.4 is 14.8 Å². The molecule has 0 aliphatic heterocycles. The number of carbonyl (C=O) groups excluding carboxylic acids is 1. The molecule has 0 aliphatic carbocycles. The standard InChI is InChI=1S/C23H24ClNO4/c1-12(9-21(26)25-16-7-8-20(27-5)19(24)10-16)17-11-18-13(2)15(4)29-23(18)14(3)22(17)28-6/h7-11H,1-6H3,(H,25,26)/b12-9+. The Balaban J connectivity index is 1.96. The fraction of sp³-hybridized carbons (Fsp3) is 0.261. The third-order valence-electron chi connectivity index (χ3n) is 5.04. The van der Waals surface area contributed by atoms with E-state index in [0.29, 0.717) is 22.2 Å². The van der Waals surface area contributed by atoms with Gasteiger partial charge in [-0.15, -0.1) is 0 Å². The number of halogens is 1. The first kappa shape index (κ1) is 20.8. The number of methoxy groups -OCH3 is 2. The Morgan fingerprint density at radius 1 is 1.10 bits per heavy atom. The first-order chi connectivity index (χ1) is 13.8. The number of anilines is 1. The highest BCUT2D eigenvalue weighted by atomic mass is 35.5. The SMILES string of the molecule is COc1ccc(NC(=O)/C=C(\C)c2cc3c(C)c(C)oc3c(C)c2OC)cc1Cl. The van der Waals surface area contributed by atoms with Crippen LogP contribution in [0.25, 0.3) is 16.5 Å². The Morgan fingerprint density at radius 3 is 2.45 bits per heavy atom. The van der Waals surface area contributed by atoms with Gasteiger partial charge in [0, 0.05) is 28.3 Å². The molecule has 0 saturated heterocycles. The van der Waals surface area contributed by atoms with E-state index in [1.54, 1.807) is 38.5 Å². The molecule has 152 valence electrons. The summed E-state index contributed by atoms with van der Waals surface area (Å²) in [6, 6.07) is 7.10. The summed E-state index contributed by atoms with van der Waals surface area (Å²) in [6.07, 6.45) is 1.55. The van der Waals surface area contributed by atoms with Gasteiger partial charge in [0.2, 0.25) is 5.91 Å². The lowest BCUT2D eigenvalue weighted by Gasteiger charge is -2.13. The Bertz CT molecular complexity index is 1130. The normalized spacial score (nSPS) is 11.6. The van der Waals surface area contributed by atoms with Gasteiger partial charge in [0.05, 0.1) is 19.2 Å². The first-order valence-corrected chi connectivity index (χ1v) is 9.55. The van der Waals surface area contributed by atoms with Crippen molar-refractivity contribution in [3.05, 3.63) is 57.8 Å². The lowest BCUT2D eigenvalue weighted by molar-refractivity contribution is -0.111. The average molecular weight is 414 g/mol. The summed E-state index contributed by atoms with van der Waals surface area (Å²) in [6.45, 7) is 7.80. The maximum Gasteiger partial charge on any atom is 0.248 e. The minimum absolute atomic E-state index is 0.261. The van der Waals surface area contributed by atoms with Gasteiger partial charge in [-0.1, -0.05) is 11.6 Å². The number of rotatable bonds is 5. The van der Waals surface area contributed by atoms with Crippen LogP contribution in [0.1, 0.15) is 29.4 Å². The molecule has 3 aromatic rings. The van der Waals surface area contributed by atoms with Crippen molar-refractivity contribution in [3.63, 3.8) is 0 Å². The highest BCUT2D eigenvalue weighted by Crippen LogP contribution is 2.38. The Labute approximate surface area is 175 Å². The number of hydrogen-bond acceptors (Lipinski definition) is 4. The Kier molecular flexibility index (Phi) is 5.89. The van der Waals surface area contributed by atoms with Gasteiger partial charge >= 0.3 is 0 Å². The molecule has 0 radical (unpaired) electrons. The van der Waals surface area contributed by atoms with Crippen molar-refractivity contribution >= 4 is 39.7 Å². The first-order valence-electron chi connectivity index (χ1n) is 9.17. The number of furan rings is 1. The van der Waals surface area contributed by atoms with E-state index in [0.717, 1.165) is 39.0 Å². The molecule has 29 heavy (non-hydrogen) atoms. The number of allylic oxidation sites excluding steroid dienone is 1. The second kappa shape index (κ2) is 8.21. The van der Waals surface area contributed by atoms with Crippen molar-refractivity contribution in [1.82, 2.24) is 0 Å². The van der Waals surface area contributed by atoms with Gasteiger partial charge in [-0.2, -0.15) is 0 Å². The predicted molar refractivity (Wildman–Crippen MR) is 117 cm³/mol. The number of nitrogens with one attached hydrogen (secondary N) is 1. The maximum absolute atomic E-state index is 12.6. The molecule has 0 fully saturated rings. The van der Waals surface area contributed by atoms with Crippen molar-refractivity contribution in [3.8, 4) is 11.5 Å². The van der Waals surface area contributed by atoms with Crippen LogP contribution in [0.3, 0.4) is 0 Å². The zero-order valence-electron chi connectivity index (χ0n) is 17.4. The maximum atomic E-state index is 12.6. The number of ether oxygens (including phenoxy) is 2. The summed E-state index contributed by atoms with van der Waals surface area (Å²) in [5, 5.41) is 4.27. The molecule has 2 aromatic carbocycles. The van der Waals surface area contributed by atoms with Gasteiger partial charge < -0.3 is 19.2 Å². The quantitative estimate of drug-likeness (QED) is 0.515. The number of benzene rings is 2. The number of carbonyl (C=O) groups is 1. The van der Waals surface area contributed by atoms with Crippen molar-refractivity contribution in [2.45, 2.75) is 27.7 Å². The van der Waals surface area contributed by atoms with Crippen LogP contribution in [0.5, 0.6) is 11.5 Å². The monoisotopic (exact) mass is 413 g/mol. The highest BCUT2D eigenvalue weighted by Gasteiger charge is 2.18. The van der Waals surface area contributed by atoms with E-state index in [2.05, 4.69) is 5.32 Å². The van der Waals surface area contributed by atoms with Crippen LogP contribution in [0.4, 0.5) is 5.69 Å². The van der Waals surface area contributed by atoms with Crippen molar-refractivity contribution in [1.29, 1.82) is 0 Å². The van der Waals surface area contributed by atoms with Gasteiger partial charge in [-0.05, 0) is 63.1 Å². The Morgan fingerprint density at radius 2 is 1.83 bits per heavy atom. The molecule has 0 aliphatic rings. The molecular formula is C23H24ClNO4. The van der Waals surface area contributed by atoms with Crippen LogP contribution >= 0.6 is 11.6 Å². The van der Waals surface area contributed by atoms with Crippen molar-refractivity contribution in [2.24, 2.45) is 0 Å². The van der Waals surface area contributed by atoms with Crippen LogP contribution in [0.15, 0.2) is 34.8 Å². The zero-order chi connectivity index (χ0) is 21.3. The number of fused-ring (bicyclic) bond motifs is 1. The summed E-state index contributed by atoms with van der Waals surface area (Å²) in [4.78, 5) is 12.6. The minimum atomic E-state index is -0.261. The molecule has 1 N–H and O–H groups in total. The van der Waals surface area contributed by atoms with Gasteiger partial charge in [0.1, 0.15) is 22.8 Å². The van der Waals surface area contributed by atoms with Crippen LogP contribution in [0, 0.1) is 20.8 Å². The van der Waals surface area contributed by atoms with E-state index in [1.165, 1.54) is 0 Å². The molecule has 0 unspecified atom stereocenters. The van der Waals surface area contributed by atoms with E-state index in [9.17, 15) is 4.79 Å². The molecule has 6 heteroatoms. The molecule has 0 atom stereocenters. The molecule has 1 heterocycles. The van der Waals surface area contributed by atoms with E-state index >= 15 is 0 Å². The van der Waals surface area contributed by atoms with Gasteiger partial charge in [0.25, 0.3) is 0 Å². The lowest BCUT2D eigenvalue weighted by Crippen LogP contribution is -2.09. The van der Waals surface area contributed by atoms with Crippen molar-refractivity contribution in [2.75, 3.05) is 19.5 Å². The van der Waals surface area contributed by atoms with E-state index in [-0.39, 0.29) is 5.91 Å². The Hall–Kier alpha value is -2.92. The average Bonchev–Trinajstić information content (AvgIpc) is 2.96. The van der Waals surface area contributed by atoms with Crippen molar-refractivity contribution < 1.29 is 18.7 Å². The largest absolute Gasteiger partial charge is 0.496 e. The minimum Gasteiger partial charge on any atom is -0.496 e. The van der Waals surface area contributed by atoms with Crippen LogP contribution in [-0.2, 0) is 4.79 Å². The summed E-state index contributed by atoms with van der Waals surface area (Å²) in [5.74, 6) is 1.86. The molecule has 1 aromatic heterocycles. The highest BCUT2D eigenvalue weighted by molar-refractivity contribution is 6.32. The number of hydrogen-bond donors (Lipinski definition) is 1. The third kappa shape index (κ3) is 3.96. The molecule has 0 saturated carbocycles. The predicted octanol–water partition coefficient (Wildman–Crippen LogP) is 6.07. The molecule has 3 rings (SSSR count). The second-order valence-corrected chi connectivity index (χ2v) is 7.32. The topological polar surface area (TPSA) is 60.7 Å². The third-order valence-corrected chi connectivity index (χ3v) is 5.34. The fourth-order valence-corrected chi connectivity index (χ4v) is 3.62. The summed E-state index contributed by atoms with van der Waals surface area (Å²) in [5.41, 5.74) is 5.02. The zero-order valence-corrected chi connectivity index (χ0v) is 18.2. The second-order valence-electron chi connectivity index (χ2n) is 6.91. The molecule has 5 nitrogen and oxygen atoms in total. The molecule has 0 spiro atoms. The van der Waals surface area contributed by atoms with Crippen LogP contribution in [-0.4, -0.2) is 20.1 Å². The number of amides is 1. The van der Waals surface area contributed by atoms with Gasteiger partial charge in [-0.3, -0.25) is 4.79 Å². The van der Waals surface area contributed by atoms with Gasteiger partial charge in [-0.25, -0.2) is 0 Å². The fourth-order valence-electron chi connectivity index (χ4n) is 3.36. The summed E-state index contributed by atoms with van der Waals surface area (Å²) in [7, 11) is 3.16. The van der Waals surface area contributed by atoms with E-state index < -0.39 is 0 Å². The molecular weight excluding hydrogens is 390 g/mol. The lowest BCUT2D eigenvalue weighted by atomic mass is 9.98. The molecule has 1 amide bonds. The van der Waals surface area contributed by atoms with Gasteiger partial charge in [0.15, 0.2) is 0 Å². The van der Waals surface area contributed by atoms with E-state index in [4.69, 9.17) is 25.5 Å². The smallest absolute Gasteiger partial charge is 0.248 e. The van der Waals surface area contributed by atoms with E-state index in [1.807, 2.05) is 33.8 Å².